The van der Waals surface area contributed by atoms with Crippen LogP contribution < -0.4 is 5.73 Å². The summed E-state index contributed by atoms with van der Waals surface area (Å²) in [4.78, 5) is 11.1. The molecule has 0 aliphatic rings. The van der Waals surface area contributed by atoms with Crippen molar-refractivity contribution in [3.63, 3.8) is 0 Å². The van der Waals surface area contributed by atoms with Crippen LogP contribution in [0.1, 0.15) is 36.7 Å². The zero-order chi connectivity index (χ0) is 12.5. The monoisotopic (exact) mass is 241 g/mol. The predicted octanol–water partition coefficient (Wildman–Crippen LogP) is 2.73. The average Bonchev–Trinajstić information content (AvgIpc) is 2.07. The highest BCUT2D eigenvalue weighted by molar-refractivity contribution is 6.31. The van der Waals surface area contributed by atoms with E-state index in [1.165, 1.54) is 6.07 Å². The zero-order valence-corrected chi connectivity index (χ0v) is 10.4. The molecule has 0 fully saturated rings. The van der Waals surface area contributed by atoms with Crippen molar-refractivity contribution in [3.05, 3.63) is 28.3 Å². The van der Waals surface area contributed by atoms with Gasteiger partial charge in [0.05, 0.1) is 5.56 Å². The van der Waals surface area contributed by atoms with E-state index >= 15 is 0 Å². The molecule has 1 aromatic rings. The summed E-state index contributed by atoms with van der Waals surface area (Å²) in [6, 6.07) is 3.04. The molecule has 0 unspecified atom stereocenters. The molecular formula is C12H16ClNO2. The second kappa shape index (κ2) is 4.34. The summed E-state index contributed by atoms with van der Waals surface area (Å²) in [5.41, 5.74) is 5.88. The minimum atomic E-state index is -0.671. The highest BCUT2D eigenvalue weighted by Crippen LogP contribution is 2.32. The molecule has 88 valence electrons. The smallest absolute Gasteiger partial charge is 0.252 e. The zero-order valence-electron chi connectivity index (χ0n) is 9.67. The molecule has 0 spiro atoms. The van der Waals surface area contributed by atoms with Crippen LogP contribution in [0.5, 0.6) is 5.75 Å². The van der Waals surface area contributed by atoms with E-state index in [4.69, 9.17) is 17.3 Å². The lowest BCUT2D eigenvalue weighted by atomic mass is 9.87. The lowest BCUT2D eigenvalue weighted by Crippen LogP contribution is -2.14. The van der Waals surface area contributed by atoms with Crippen molar-refractivity contribution in [2.45, 2.75) is 27.2 Å². The number of halogens is 1. The molecule has 1 aromatic carbocycles. The Kier molecular flexibility index (Phi) is 3.48. The van der Waals surface area contributed by atoms with Crippen LogP contribution in [-0.2, 0) is 6.42 Å². The summed E-state index contributed by atoms with van der Waals surface area (Å²) < 4.78 is 0. The number of primary amides is 1. The fraction of sp³-hybridized carbons (Fsp3) is 0.417. The number of carbonyl (C=O) groups excluding carboxylic acids is 1. The summed E-state index contributed by atoms with van der Waals surface area (Å²) >= 11 is 5.88. The van der Waals surface area contributed by atoms with Crippen LogP contribution in [0.4, 0.5) is 0 Å². The van der Waals surface area contributed by atoms with Crippen LogP contribution in [0.25, 0.3) is 0 Å². The Balaban J connectivity index is 3.25. The van der Waals surface area contributed by atoms with Gasteiger partial charge in [0.1, 0.15) is 5.75 Å². The fourth-order valence-electron chi connectivity index (χ4n) is 1.55. The average molecular weight is 242 g/mol. The third-order valence-electron chi connectivity index (χ3n) is 2.14. The maximum atomic E-state index is 11.1. The number of aromatic hydroxyl groups is 1. The Hall–Kier alpha value is -1.22. The number of nitrogens with two attached hydrogens (primary N) is 1. The Morgan fingerprint density at radius 1 is 1.44 bits per heavy atom. The minimum absolute atomic E-state index is 0.00290. The third kappa shape index (κ3) is 3.14. The quantitative estimate of drug-likeness (QED) is 0.836. The summed E-state index contributed by atoms with van der Waals surface area (Å²) in [5, 5.41) is 10.3. The van der Waals surface area contributed by atoms with Crippen molar-refractivity contribution in [1.82, 2.24) is 0 Å². The summed E-state index contributed by atoms with van der Waals surface area (Å²) in [6.45, 7) is 6.12. The first-order valence-electron chi connectivity index (χ1n) is 5.02. The maximum absolute atomic E-state index is 11.1. The van der Waals surface area contributed by atoms with Crippen molar-refractivity contribution >= 4 is 17.5 Å². The number of hydrogen-bond acceptors (Lipinski definition) is 2. The van der Waals surface area contributed by atoms with Gasteiger partial charge in [-0.1, -0.05) is 32.4 Å². The standard InChI is InChI=1S/C12H16ClNO2/c1-12(2,3)6-7-4-8(13)5-9(10(7)15)11(14)16/h4-5,15H,6H2,1-3H3,(H2,14,16). The highest BCUT2D eigenvalue weighted by Gasteiger charge is 2.18. The van der Waals surface area contributed by atoms with Gasteiger partial charge in [0, 0.05) is 5.02 Å². The molecule has 0 saturated heterocycles. The van der Waals surface area contributed by atoms with Crippen molar-refractivity contribution < 1.29 is 9.90 Å². The normalized spacial score (nSPS) is 11.5. The molecule has 3 nitrogen and oxygen atoms in total. The molecule has 3 N–H and O–H groups in total. The predicted molar refractivity (Wildman–Crippen MR) is 64.8 cm³/mol. The molecule has 0 aliphatic carbocycles. The molecule has 16 heavy (non-hydrogen) atoms. The molecule has 0 aromatic heterocycles. The van der Waals surface area contributed by atoms with Gasteiger partial charge in [-0.25, -0.2) is 0 Å². The van der Waals surface area contributed by atoms with Gasteiger partial charge in [0.25, 0.3) is 5.91 Å². The van der Waals surface area contributed by atoms with Crippen LogP contribution >= 0.6 is 11.6 Å². The van der Waals surface area contributed by atoms with E-state index in [-0.39, 0.29) is 16.7 Å². The van der Waals surface area contributed by atoms with Gasteiger partial charge in [-0.3, -0.25) is 4.79 Å². The lowest BCUT2D eigenvalue weighted by Gasteiger charge is -2.19. The van der Waals surface area contributed by atoms with Gasteiger partial charge in [0.2, 0.25) is 0 Å². The second-order valence-electron chi connectivity index (χ2n) is 5.06. The first-order valence-corrected chi connectivity index (χ1v) is 5.40. The van der Waals surface area contributed by atoms with Crippen molar-refractivity contribution in [1.29, 1.82) is 0 Å². The number of phenols is 1. The van der Waals surface area contributed by atoms with Gasteiger partial charge < -0.3 is 10.8 Å². The Bertz CT molecular complexity index is 422. The number of carbonyl (C=O) groups is 1. The molecule has 4 heteroatoms. The number of amides is 1. The summed E-state index contributed by atoms with van der Waals surface area (Å²) in [6.07, 6.45) is 0.625. The van der Waals surface area contributed by atoms with E-state index in [9.17, 15) is 9.90 Å². The van der Waals surface area contributed by atoms with Gasteiger partial charge in [0.15, 0.2) is 0 Å². The first kappa shape index (κ1) is 12.8. The fourth-order valence-corrected chi connectivity index (χ4v) is 1.79. The largest absolute Gasteiger partial charge is 0.507 e. The number of hydrogen-bond donors (Lipinski definition) is 2. The highest BCUT2D eigenvalue weighted by atomic mass is 35.5. The van der Waals surface area contributed by atoms with E-state index in [0.717, 1.165) is 0 Å². The van der Waals surface area contributed by atoms with Crippen LogP contribution in [-0.4, -0.2) is 11.0 Å². The molecule has 0 aliphatic heterocycles. The topological polar surface area (TPSA) is 63.3 Å². The molecule has 0 heterocycles. The molecule has 1 rings (SSSR count). The minimum Gasteiger partial charge on any atom is -0.507 e. The van der Waals surface area contributed by atoms with Gasteiger partial charge in [-0.2, -0.15) is 0 Å². The first-order chi connectivity index (χ1) is 7.20. The second-order valence-corrected chi connectivity index (χ2v) is 5.50. The Morgan fingerprint density at radius 3 is 2.44 bits per heavy atom. The van der Waals surface area contributed by atoms with Gasteiger partial charge in [-0.05, 0) is 29.5 Å². The Labute approximate surface area is 100 Å². The number of benzene rings is 1. The van der Waals surface area contributed by atoms with Crippen LogP contribution in [0.3, 0.4) is 0 Å². The molecule has 0 atom stereocenters. The molecule has 1 amide bonds. The summed E-state index contributed by atoms with van der Waals surface area (Å²) in [5.74, 6) is -0.734. The van der Waals surface area contributed by atoms with Crippen LogP contribution in [0, 0.1) is 5.41 Å². The molecular weight excluding hydrogens is 226 g/mol. The lowest BCUT2D eigenvalue weighted by molar-refractivity contribution is 0.0997. The molecule has 0 saturated carbocycles. The SMILES string of the molecule is CC(C)(C)Cc1cc(Cl)cc(C(N)=O)c1O. The molecule has 0 bridgehead atoms. The van der Waals surface area contributed by atoms with Crippen LogP contribution in [0.2, 0.25) is 5.02 Å². The number of rotatable bonds is 2. The third-order valence-corrected chi connectivity index (χ3v) is 2.36. The summed E-state index contributed by atoms with van der Waals surface area (Å²) in [7, 11) is 0. The van der Waals surface area contributed by atoms with Gasteiger partial charge in [-0.15, -0.1) is 0 Å². The Morgan fingerprint density at radius 2 is 2.00 bits per heavy atom. The van der Waals surface area contributed by atoms with Crippen molar-refractivity contribution in [3.8, 4) is 5.75 Å². The van der Waals surface area contributed by atoms with Crippen molar-refractivity contribution in [2.24, 2.45) is 11.1 Å². The van der Waals surface area contributed by atoms with E-state index in [2.05, 4.69) is 0 Å². The van der Waals surface area contributed by atoms with Gasteiger partial charge >= 0.3 is 0 Å². The molecule has 0 radical (unpaired) electrons. The van der Waals surface area contributed by atoms with E-state index in [1.807, 2.05) is 20.8 Å². The van der Waals surface area contributed by atoms with E-state index in [1.54, 1.807) is 6.07 Å². The maximum Gasteiger partial charge on any atom is 0.252 e. The van der Waals surface area contributed by atoms with Crippen molar-refractivity contribution in [2.75, 3.05) is 0 Å². The van der Waals surface area contributed by atoms with Crippen LogP contribution in [0.15, 0.2) is 12.1 Å². The van der Waals surface area contributed by atoms with E-state index in [0.29, 0.717) is 17.0 Å². The van der Waals surface area contributed by atoms with E-state index < -0.39 is 5.91 Å².